The van der Waals surface area contributed by atoms with Gasteiger partial charge in [-0.3, -0.25) is 9.59 Å². The number of benzene rings is 1. The Kier molecular flexibility index (Phi) is 3.87. The molecule has 1 aromatic carbocycles. The third-order valence-electron chi connectivity index (χ3n) is 4.62. The fourth-order valence-electron chi connectivity index (χ4n) is 3.07. The summed E-state index contributed by atoms with van der Waals surface area (Å²) in [5.41, 5.74) is 1.23. The summed E-state index contributed by atoms with van der Waals surface area (Å²) < 4.78 is 24.2. The van der Waals surface area contributed by atoms with E-state index < -0.39 is 26.5 Å². The van der Waals surface area contributed by atoms with Crippen LogP contribution in [-0.4, -0.2) is 41.0 Å². The number of hydrogen-bond donors (Lipinski definition) is 2. The van der Waals surface area contributed by atoms with Gasteiger partial charge in [-0.1, -0.05) is 0 Å². The lowest BCUT2D eigenvalue weighted by molar-refractivity contribution is -0.137. The monoisotopic (exact) mass is 350 g/mol. The van der Waals surface area contributed by atoms with Crippen molar-refractivity contribution in [2.75, 3.05) is 11.6 Å². The van der Waals surface area contributed by atoms with Crippen LogP contribution in [0.15, 0.2) is 30.5 Å². The van der Waals surface area contributed by atoms with Gasteiger partial charge in [0.25, 0.3) is 0 Å². The molecule has 8 heteroatoms. The van der Waals surface area contributed by atoms with Crippen molar-refractivity contribution in [3.8, 4) is 0 Å². The van der Waals surface area contributed by atoms with Gasteiger partial charge in [0.2, 0.25) is 5.91 Å². The Balaban J connectivity index is 1.86. The van der Waals surface area contributed by atoms with Crippen LogP contribution in [0.5, 0.6) is 0 Å². The molecule has 3 rings (SSSR count). The molecular formula is C16H18N2O5S. The van der Waals surface area contributed by atoms with Crippen LogP contribution in [0.2, 0.25) is 0 Å². The molecule has 24 heavy (non-hydrogen) atoms. The Hall–Kier alpha value is -2.35. The predicted octanol–water partition coefficient (Wildman–Crippen LogP) is 1.63. The third kappa shape index (κ3) is 2.66. The van der Waals surface area contributed by atoms with E-state index in [9.17, 15) is 18.0 Å². The average Bonchev–Trinajstić information content (AvgIpc) is 2.77. The van der Waals surface area contributed by atoms with Crippen molar-refractivity contribution in [2.24, 2.45) is 0 Å². The molecular weight excluding hydrogens is 332 g/mol. The third-order valence-corrected chi connectivity index (χ3v) is 6.63. The second-order valence-electron chi connectivity index (χ2n) is 6.19. The summed E-state index contributed by atoms with van der Waals surface area (Å²) in [6.45, 7) is -0.146. The number of carbonyl (C=O) groups is 2. The van der Waals surface area contributed by atoms with Gasteiger partial charge >= 0.3 is 5.97 Å². The van der Waals surface area contributed by atoms with Gasteiger partial charge < -0.3 is 15.0 Å². The fraction of sp³-hybridized carbons (Fsp3) is 0.375. The number of sulfone groups is 1. The molecule has 128 valence electrons. The number of carbonyl (C=O) groups excluding carboxylic acids is 1. The van der Waals surface area contributed by atoms with Crippen LogP contribution in [0.3, 0.4) is 0 Å². The van der Waals surface area contributed by atoms with Gasteiger partial charge in [0, 0.05) is 29.0 Å². The summed E-state index contributed by atoms with van der Waals surface area (Å²) in [6, 6.07) is 6.82. The minimum Gasteiger partial charge on any atom is -0.480 e. The number of aromatic nitrogens is 1. The van der Waals surface area contributed by atoms with Crippen molar-refractivity contribution >= 4 is 38.3 Å². The molecule has 1 heterocycles. The molecule has 2 aromatic rings. The van der Waals surface area contributed by atoms with Crippen molar-refractivity contribution < 1.29 is 23.1 Å². The molecule has 2 N–H and O–H groups in total. The molecule has 7 nitrogen and oxygen atoms in total. The molecule has 0 radical (unpaired) electrons. The van der Waals surface area contributed by atoms with Crippen LogP contribution in [0.4, 0.5) is 5.69 Å². The maximum atomic E-state index is 12.5. The van der Waals surface area contributed by atoms with Crippen LogP contribution < -0.4 is 5.32 Å². The van der Waals surface area contributed by atoms with Crippen LogP contribution >= 0.6 is 0 Å². The predicted molar refractivity (Wildman–Crippen MR) is 89.6 cm³/mol. The van der Waals surface area contributed by atoms with E-state index in [1.807, 2.05) is 0 Å². The van der Waals surface area contributed by atoms with E-state index in [-0.39, 0.29) is 6.54 Å². The topological polar surface area (TPSA) is 105 Å². The minimum atomic E-state index is -3.48. The number of nitrogens with one attached hydrogen (secondary N) is 1. The lowest BCUT2D eigenvalue weighted by Crippen LogP contribution is -2.54. The first kappa shape index (κ1) is 16.5. The zero-order chi connectivity index (χ0) is 17.5. The number of hydrogen-bond acceptors (Lipinski definition) is 4. The molecule has 1 fully saturated rings. The summed E-state index contributed by atoms with van der Waals surface area (Å²) in [6.07, 6.45) is 4.16. The molecule has 1 aliphatic rings. The van der Waals surface area contributed by atoms with Crippen LogP contribution in [0.1, 0.15) is 19.3 Å². The molecule has 1 saturated carbocycles. The van der Waals surface area contributed by atoms with E-state index in [1.54, 1.807) is 35.0 Å². The molecule has 0 bridgehead atoms. The van der Waals surface area contributed by atoms with Gasteiger partial charge in [-0.15, -0.1) is 0 Å². The first-order chi connectivity index (χ1) is 11.2. The van der Waals surface area contributed by atoms with Crippen LogP contribution in [-0.2, 0) is 26.0 Å². The summed E-state index contributed by atoms with van der Waals surface area (Å²) in [7, 11) is -3.48. The van der Waals surface area contributed by atoms with Gasteiger partial charge in [-0.25, -0.2) is 8.42 Å². The zero-order valence-corrected chi connectivity index (χ0v) is 14.0. The minimum absolute atomic E-state index is 0.146. The number of carboxylic acid groups (broad SMARTS) is 1. The van der Waals surface area contributed by atoms with Crippen molar-refractivity contribution in [1.29, 1.82) is 0 Å². The lowest BCUT2D eigenvalue weighted by atomic mass is 9.83. The zero-order valence-electron chi connectivity index (χ0n) is 13.2. The highest BCUT2D eigenvalue weighted by Gasteiger charge is 2.52. The van der Waals surface area contributed by atoms with Gasteiger partial charge in [-0.05, 0) is 43.5 Å². The van der Waals surface area contributed by atoms with Gasteiger partial charge in [0.05, 0.1) is 0 Å². The Bertz CT molecular complexity index is 925. The number of carboxylic acids is 1. The molecule has 0 atom stereocenters. The lowest BCUT2D eigenvalue weighted by Gasteiger charge is -2.38. The molecule has 1 aromatic heterocycles. The maximum absolute atomic E-state index is 12.5. The highest BCUT2D eigenvalue weighted by atomic mass is 32.2. The van der Waals surface area contributed by atoms with E-state index in [4.69, 9.17) is 5.11 Å². The molecule has 1 amide bonds. The first-order valence-corrected chi connectivity index (χ1v) is 9.44. The number of aliphatic carboxylic acids is 1. The van der Waals surface area contributed by atoms with E-state index in [1.165, 1.54) is 0 Å². The summed E-state index contributed by atoms with van der Waals surface area (Å²) in [5.74, 6) is -1.44. The number of amides is 1. The average molecular weight is 350 g/mol. The standard InChI is InChI=1S/C16H18N2O5S/c1-24(22,23)16(6-2-7-16)15(21)17-12-3-4-13-11(9-12)5-8-18(13)10-14(19)20/h3-5,8-9H,2,6-7,10H2,1H3,(H,17,21)(H,19,20). The van der Waals surface area contributed by atoms with E-state index in [0.29, 0.717) is 18.5 Å². The van der Waals surface area contributed by atoms with Crippen LogP contribution in [0.25, 0.3) is 10.9 Å². The largest absolute Gasteiger partial charge is 0.480 e. The Morgan fingerprint density at radius 2 is 2.00 bits per heavy atom. The Morgan fingerprint density at radius 1 is 1.29 bits per heavy atom. The number of fused-ring (bicyclic) bond motifs is 1. The van der Waals surface area contributed by atoms with Crippen molar-refractivity contribution in [3.63, 3.8) is 0 Å². The second-order valence-corrected chi connectivity index (χ2v) is 8.51. The molecule has 0 aliphatic heterocycles. The van der Waals surface area contributed by atoms with E-state index in [2.05, 4.69) is 5.32 Å². The fourth-order valence-corrected chi connectivity index (χ4v) is 4.49. The summed E-state index contributed by atoms with van der Waals surface area (Å²) in [5, 5.41) is 12.3. The van der Waals surface area contributed by atoms with Crippen molar-refractivity contribution in [1.82, 2.24) is 4.57 Å². The maximum Gasteiger partial charge on any atom is 0.323 e. The van der Waals surface area contributed by atoms with Crippen molar-refractivity contribution in [3.05, 3.63) is 30.5 Å². The van der Waals surface area contributed by atoms with Gasteiger partial charge in [0.1, 0.15) is 6.54 Å². The molecule has 0 spiro atoms. The molecule has 0 saturated heterocycles. The van der Waals surface area contributed by atoms with E-state index in [0.717, 1.165) is 23.6 Å². The van der Waals surface area contributed by atoms with Crippen molar-refractivity contribution in [2.45, 2.75) is 30.6 Å². The summed E-state index contributed by atoms with van der Waals surface area (Å²) in [4.78, 5) is 23.3. The smallest absolute Gasteiger partial charge is 0.323 e. The molecule has 0 unspecified atom stereocenters. The molecule has 1 aliphatic carbocycles. The number of nitrogens with zero attached hydrogens (tertiary/aromatic N) is 1. The van der Waals surface area contributed by atoms with Gasteiger partial charge in [0.15, 0.2) is 14.6 Å². The summed E-state index contributed by atoms with van der Waals surface area (Å²) >= 11 is 0. The SMILES string of the molecule is CS(=O)(=O)C1(C(=O)Nc2ccc3c(ccn3CC(=O)O)c2)CCC1. The number of anilines is 1. The second kappa shape index (κ2) is 5.62. The highest BCUT2D eigenvalue weighted by Crippen LogP contribution is 2.40. The highest BCUT2D eigenvalue weighted by molar-refractivity contribution is 7.93. The Morgan fingerprint density at radius 3 is 2.54 bits per heavy atom. The van der Waals surface area contributed by atoms with Gasteiger partial charge in [-0.2, -0.15) is 0 Å². The first-order valence-electron chi connectivity index (χ1n) is 7.55. The number of rotatable bonds is 5. The Labute approximate surface area is 139 Å². The quantitative estimate of drug-likeness (QED) is 0.853. The van der Waals surface area contributed by atoms with Crippen LogP contribution in [0, 0.1) is 0 Å². The van der Waals surface area contributed by atoms with E-state index >= 15 is 0 Å². The normalized spacial score (nSPS) is 16.5.